The van der Waals surface area contributed by atoms with Crippen LogP contribution in [0.3, 0.4) is 0 Å². The van der Waals surface area contributed by atoms with E-state index in [1.165, 1.54) is 12.0 Å². The summed E-state index contributed by atoms with van der Waals surface area (Å²) >= 11 is 5.88. The maximum Gasteiger partial charge on any atom is 0.328 e. The number of esters is 1. The number of nitrogens with zero attached hydrogens (tertiary/aromatic N) is 1. The Morgan fingerprint density at radius 1 is 1.53 bits per heavy atom. The second-order valence-electron chi connectivity index (χ2n) is 3.82. The molecule has 4 nitrogen and oxygen atoms in total. The Morgan fingerprint density at radius 2 is 2.29 bits per heavy atom. The highest BCUT2D eigenvalue weighted by Gasteiger charge is 2.37. The lowest BCUT2D eigenvalue weighted by molar-refractivity contribution is -0.142. The number of hydrogen-bond donors (Lipinski definition) is 0. The standard InChI is InChI=1S/C12H12ClNO3/c1-17-12(16)10-5-6-11(15)14(10)9-4-2-3-8(13)7-9/h2-4,7,10H,5-6H2,1H3. The Bertz CT molecular complexity index is 461. The van der Waals surface area contributed by atoms with Gasteiger partial charge in [0, 0.05) is 17.1 Å². The van der Waals surface area contributed by atoms with Crippen molar-refractivity contribution in [3.8, 4) is 0 Å². The molecule has 1 heterocycles. The number of rotatable bonds is 2. The lowest BCUT2D eigenvalue weighted by Crippen LogP contribution is -2.39. The zero-order valence-corrected chi connectivity index (χ0v) is 10.1. The van der Waals surface area contributed by atoms with Gasteiger partial charge in [-0.05, 0) is 24.6 Å². The molecule has 1 aliphatic heterocycles. The number of halogens is 1. The molecule has 1 fully saturated rings. The number of benzene rings is 1. The van der Waals surface area contributed by atoms with E-state index in [4.69, 9.17) is 16.3 Å². The topological polar surface area (TPSA) is 46.6 Å². The van der Waals surface area contributed by atoms with Gasteiger partial charge in [-0.2, -0.15) is 0 Å². The van der Waals surface area contributed by atoms with Gasteiger partial charge in [0.05, 0.1) is 7.11 Å². The first-order chi connectivity index (χ1) is 8.13. The fourth-order valence-electron chi connectivity index (χ4n) is 1.99. The fourth-order valence-corrected chi connectivity index (χ4v) is 2.18. The number of anilines is 1. The highest BCUT2D eigenvalue weighted by atomic mass is 35.5. The zero-order chi connectivity index (χ0) is 12.4. The van der Waals surface area contributed by atoms with E-state index in [9.17, 15) is 9.59 Å². The molecule has 90 valence electrons. The first kappa shape index (κ1) is 11.9. The van der Waals surface area contributed by atoms with Crippen LogP contribution in [0.15, 0.2) is 24.3 Å². The number of methoxy groups -OCH3 is 1. The lowest BCUT2D eigenvalue weighted by atomic mass is 10.2. The van der Waals surface area contributed by atoms with Crippen molar-refractivity contribution in [1.82, 2.24) is 0 Å². The van der Waals surface area contributed by atoms with E-state index in [0.717, 1.165) is 0 Å². The van der Waals surface area contributed by atoms with Crippen molar-refractivity contribution in [2.24, 2.45) is 0 Å². The molecule has 1 unspecified atom stereocenters. The van der Waals surface area contributed by atoms with Gasteiger partial charge in [-0.15, -0.1) is 0 Å². The summed E-state index contributed by atoms with van der Waals surface area (Å²) in [7, 11) is 1.32. The SMILES string of the molecule is COC(=O)C1CCC(=O)N1c1cccc(Cl)c1. The molecule has 0 N–H and O–H groups in total. The molecular formula is C12H12ClNO3. The molecule has 0 spiro atoms. The van der Waals surface area contributed by atoms with Gasteiger partial charge < -0.3 is 4.74 Å². The van der Waals surface area contributed by atoms with Crippen LogP contribution < -0.4 is 4.90 Å². The summed E-state index contributed by atoms with van der Waals surface area (Å²) in [4.78, 5) is 24.8. The molecule has 1 amide bonds. The quantitative estimate of drug-likeness (QED) is 0.758. The van der Waals surface area contributed by atoms with Gasteiger partial charge in [0.25, 0.3) is 0 Å². The van der Waals surface area contributed by atoms with E-state index in [2.05, 4.69) is 0 Å². The van der Waals surface area contributed by atoms with Crippen molar-refractivity contribution in [2.45, 2.75) is 18.9 Å². The van der Waals surface area contributed by atoms with Crippen molar-refractivity contribution in [2.75, 3.05) is 12.0 Å². The normalized spacial score (nSPS) is 19.5. The molecule has 2 rings (SSSR count). The van der Waals surface area contributed by atoms with Gasteiger partial charge in [0.1, 0.15) is 6.04 Å². The van der Waals surface area contributed by atoms with Crippen LogP contribution in [0.5, 0.6) is 0 Å². The summed E-state index contributed by atoms with van der Waals surface area (Å²) in [6, 6.07) is 6.35. The first-order valence-electron chi connectivity index (χ1n) is 5.29. The molecule has 5 heteroatoms. The lowest BCUT2D eigenvalue weighted by Gasteiger charge is -2.22. The van der Waals surface area contributed by atoms with Crippen LogP contribution in [0.1, 0.15) is 12.8 Å². The van der Waals surface area contributed by atoms with Crippen LogP contribution >= 0.6 is 11.6 Å². The molecule has 0 saturated carbocycles. The van der Waals surface area contributed by atoms with Crippen LogP contribution in [0.25, 0.3) is 0 Å². The minimum atomic E-state index is -0.536. The van der Waals surface area contributed by atoms with Crippen LogP contribution in [0, 0.1) is 0 Å². The van der Waals surface area contributed by atoms with Crippen LogP contribution in [0.2, 0.25) is 5.02 Å². The van der Waals surface area contributed by atoms with E-state index in [1.54, 1.807) is 24.3 Å². The second-order valence-corrected chi connectivity index (χ2v) is 4.26. The summed E-state index contributed by atoms with van der Waals surface area (Å²) in [6.45, 7) is 0. The Balaban J connectivity index is 2.34. The molecular weight excluding hydrogens is 242 g/mol. The third-order valence-electron chi connectivity index (χ3n) is 2.77. The average Bonchev–Trinajstić information content (AvgIpc) is 2.70. The maximum absolute atomic E-state index is 11.8. The van der Waals surface area contributed by atoms with Crippen LogP contribution in [0.4, 0.5) is 5.69 Å². The summed E-state index contributed by atoms with van der Waals surface area (Å²) < 4.78 is 4.70. The van der Waals surface area contributed by atoms with Gasteiger partial charge in [-0.25, -0.2) is 4.79 Å². The largest absolute Gasteiger partial charge is 0.467 e. The molecule has 1 atom stereocenters. The van der Waals surface area contributed by atoms with Crippen molar-refractivity contribution >= 4 is 29.2 Å². The Morgan fingerprint density at radius 3 is 2.94 bits per heavy atom. The molecule has 0 radical (unpaired) electrons. The Hall–Kier alpha value is -1.55. The van der Waals surface area contributed by atoms with E-state index < -0.39 is 12.0 Å². The molecule has 17 heavy (non-hydrogen) atoms. The molecule has 0 aromatic heterocycles. The van der Waals surface area contributed by atoms with Crippen LogP contribution in [-0.2, 0) is 14.3 Å². The monoisotopic (exact) mass is 253 g/mol. The molecule has 1 aliphatic rings. The third-order valence-corrected chi connectivity index (χ3v) is 3.01. The summed E-state index contributed by atoms with van der Waals surface area (Å²) in [5.74, 6) is -0.474. The third kappa shape index (κ3) is 2.26. The minimum absolute atomic E-state index is 0.0809. The molecule has 1 saturated heterocycles. The van der Waals surface area contributed by atoms with Crippen molar-refractivity contribution in [3.05, 3.63) is 29.3 Å². The van der Waals surface area contributed by atoms with E-state index in [1.807, 2.05) is 0 Å². The number of hydrogen-bond acceptors (Lipinski definition) is 3. The van der Waals surface area contributed by atoms with Gasteiger partial charge in [0.15, 0.2) is 0 Å². The molecule has 0 bridgehead atoms. The average molecular weight is 254 g/mol. The summed E-state index contributed by atoms with van der Waals surface area (Å²) in [5.41, 5.74) is 0.635. The van der Waals surface area contributed by atoms with Crippen molar-refractivity contribution < 1.29 is 14.3 Å². The number of amides is 1. The van der Waals surface area contributed by atoms with Crippen molar-refractivity contribution in [3.63, 3.8) is 0 Å². The highest BCUT2D eigenvalue weighted by molar-refractivity contribution is 6.31. The van der Waals surface area contributed by atoms with E-state index in [-0.39, 0.29) is 5.91 Å². The fraction of sp³-hybridized carbons (Fsp3) is 0.333. The second kappa shape index (κ2) is 4.75. The smallest absolute Gasteiger partial charge is 0.328 e. The predicted octanol–water partition coefficient (Wildman–Crippen LogP) is 2.01. The van der Waals surface area contributed by atoms with E-state index >= 15 is 0 Å². The first-order valence-corrected chi connectivity index (χ1v) is 5.66. The van der Waals surface area contributed by atoms with Gasteiger partial charge >= 0.3 is 5.97 Å². The molecule has 1 aromatic carbocycles. The van der Waals surface area contributed by atoms with Gasteiger partial charge in [-0.3, -0.25) is 9.69 Å². The molecule has 1 aromatic rings. The Labute approximate surface area is 104 Å². The summed E-state index contributed by atoms with van der Waals surface area (Å²) in [5, 5.41) is 0.533. The van der Waals surface area contributed by atoms with Crippen molar-refractivity contribution in [1.29, 1.82) is 0 Å². The molecule has 0 aliphatic carbocycles. The van der Waals surface area contributed by atoms with E-state index in [0.29, 0.717) is 23.6 Å². The van der Waals surface area contributed by atoms with Gasteiger partial charge in [-0.1, -0.05) is 17.7 Å². The predicted molar refractivity (Wildman–Crippen MR) is 64.0 cm³/mol. The summed E-state index contributed by atoms with van der Waals surface area (Å²) in [6.07, 6.45) is 0.838. The number of carbonyl (C=O) groups excluding carboxylic acids is 2. The van der Waals surface area contributed by atoms with Gasteiger partial charge in [0.2, 0.25) is 5.91 Å². The minimum Gasteiger partial charge on any atom is -0.467 e. The zero-order valence-electron chi connectivity index (χ0n) is 9.35. The maximum atomic E-state index is 11.8. The highest BCUT2D eigenvalue weighted by Crippen LogP contribution is 2.29. The number of carbonyl (C=O) groups is 2. The Kier molecular flexibility index (Phi) is 3.33. The van der Waals surface area contributed by atoms with Crippen LogP contribution in [-0.4, -0.2) is 25.0 Å². The number of ether oxygens (including phenoxy) is 1.